The molecule has 0 aliphatic carbocycles. The number of methoxy groups -OCH3 is 2. The summed E-state index contributed by atoms with van der Waals surface area (Å²) in [6, 6.07) is 13.9. The molecule has 1 heterocycles. The Balaban J connectivity index is 1.70. The fourth-order valence-corrected chi connectivity index (χ4v) is 3.48. The Hall–Kier alpha value is -2.53. The van der Waals surface area contributed by atoms with Crippen molar-refractivity contribution < 1.29 is 19.2 Å². The van der Waals surface area contributed by atoms with Gasteiger partial charge in [0.15, 0.2) is 17.5 Å². The molecule has 1 aliphatic heterocycles. The number of amides is 1. The number of fused-ring (bicyclic) bond motifs is 1. The number of rotatable bonds is 6. The van der Waals surface area contributed by atoms with Gasteiger partial charge in [-0.3, -0.25) is 4.79 Å². The molecule has 5 heteroatoms. The molecule has 1 unspecified atom stereocenters. The summed E-state index contributed by atoms with van der Waals surface area (Å²) >= 11 is 0. The van der Waals surface area contributed by atoms with Crippen molar-refractivity contribution in [2.75, 3.05) is 32.7 Å². The molecule has 0 spiro atoms. The van der Waals surface area contributed by atoms with Crippen LogP contribution in [-0.4, -0.2) is 39.8 Å². The van der Waals surface area contributed by atoms with E-state index in [-0.39, 0.29) is 11.9 Å². The van der Waals surface area contributed by atoms with E-state index < -0.39 is 0 Å². The standard InChI is InChI=1S/C21H26N2O3/c1-15(21(24)23-12-11-17-7-5-6-8-18(17)23)22(2)14-16-9-10-19(25-3)20(13-16)26-4/h5-10,13,15H,11-12,14H2,1-4H3/p+1/t15-/m1/s1. The second kappa shape index (κ2) is 7.79. The van der Waals surface area contributed by atoms with Gasteiger partial charge in [-0.2, -0.15) is 0 Å². The van der Waals surface area contributed by atoms with Crippen LogP contribution in [0.3, 0.4) is 0 Å². The Labute approximate surface area is 155 Å². The highest BCUT2D eigenvalue weighted by Gasteiger charge is 2.32. The van der Waals surface area contributed by atoms with Crippen molar-refractivity contribution in [2.45, 2.75) is 25.9 Å². The van der Waals surface area contributed by atoms with Crippen molar-refractivity contribution in [3.8, 4) is 11.5 Å². The zero-order valence-electron chi connectivity index (χ0n) is 15.9. The van der Waals surface area contributed by atoms with Crippen molar-refractivity contribution in [3.05, 3.63) is 53.6 Å². The molecular weight excluding hydrogens is 328 g/mol. The number of benzene rings is 2. The van der Waals surface area contributed by atoms with E-state index in [1.807, 2.05) is 48.2 Å². The number of hydrogen-bond acceptors (Lipinski definition) is 3. The maximum atomic E-state index is 13.0. The summed E-state index contributed by atoms with van der Waals surface area (Å²) in [5, 5.41) is 0. The highest BCUT2D eigenvalue weighted by molar-refractivity contribution is 5.97. The van der Waals surface area contributed by atoms with Gasteiger partial charge in [-0.1, -0.05) is 18.2 Å². The molecule has 1 amide bonds. The molecule has 2 aromatic rings. The zero-order chi connectivity index (χ0) is 18.7. The van der Waals surface area contributed by atoms with Gasteiger partial charge < -0.3 is 19.3 Å². The van der Waals surface area contributed by atoms with E-state index in [4.69, 9.17) is 9.47 Å². The largest absolute Gasteiger partial charge is 0.493 e. The first-order chi connectivity index (χ1) is 12.5. The number of para-hydroxylation sites is 1. The van der Waals surface area contributed by atoms with Crippen LogP contribution in [0.2, 0.25) is 0 Å². The quantitative estimate of drug-likeness (QED) is 0.858. The summed E-state index contributed by atoms with van der Waals surface area (Å²) in [5.74, 6) is 1.60. The molecule has 26 heavy (non-hydrogen) atoms. The van der Waals surface area contributed by atoms with Crippen LogP contribution >= 0.6 is 0 Å². The van der Waals surface area contributed by atoms with Crippen LogP contribution in [-0.2, 0) is 17.8 Å². The minimum Gasteiger partial charge on any atom is -0.493 e. The number of likely N-dealkylation sites (N-methyl/N-ethyl adjacent to an activating group) is 1. The van der Waals surface area contributed by atoms with Crippen LogP contribution in [0.5, 0.6) is 11.5 Å². The van der Waals surface area contributed by atoms with Crippen molar-refractivity contribution >= 4 is 11.6 Å². The van der Waals surface area contributed by atoms with Gasteiger partial charge in [-0.25, -0.2) is 0 Å². The molecule has 0 bridgehead atoms. The van der Waals surface area contributed by atoms with Gasteiger partial charge >= 0.3 is 0 Å². The van der Waals surface area contributed by atoms with E-state index in [0.717, 1.165) is 35.7 Å². The van der Waals surface area contributed by atoms with Crippen LogP contribution in [0.4, 0.5) is 5.69 Å². The van der Waals surface area contributed by atoms with Gasteiger partial charge in [0.25, 0.3) is 5.91 Å². The van der Waals surface area contributed by atoms with E-state index in [0.29, 0.717) is 11.5 Å². The molecule has 138 valence electrons. The van der Waals surface area contributed by atoms with E-state index >= 15 is 0 Å². The zero-order valence-corrected chi connectivity index (χ0v) is 15.9. The summed E-state index contributed by atoms with van der Waals surface area (Å²) in [6.07, 6.45) is 0.934. The van der Waals surface area contributed by atoms with Crippen LogP contribution in [0.15, 0.2) is 42.5 Å². The van der Waals surface area contributed by atoms with Crippen molar-refractivity contribution in [1.29, 1.82) is 0 Å². The Morgan fingerprint density at radius 1 is 1.15 bits per heavy atom. The fourth-order valence-electron chi connectivity index (χ4n) is 3.48. The van der Waals surface area contributed by atoms with Gasteiger partial charge in [0.1, 0.15) is 6.54 Å². The summed E-state index contributed by atoms with van der Waals surface area (Å²) in [4.78, 5) is 16.1. The number of hydrogen-bond donors (Lipinski definition) is 1. The molecule has 0 saturated heterocycles. The van der Waals surface area contributed by atoms with Crippen LogP contribution in [0.1, 0.15) is 18.1 Å². The normalized spacial score (nSPS) is 15.3. The summed E-state index contributed by atoms with van der Waals surface area (Å²) in [6.45, 7) is 3.51. The second-order valence-corrected chi connectivity index (χ2v) is 6.80. The molecule has 0 saturated carbocycles. The lowest BCUT2D eigenvalue weighted by molar-refractivity contribution is -0.908. The van der Waals surface area contributed by atoms with Gasteiger partial charge in [-0.15, -0.1) is 0 Å². The Morgan fingerprint density at radius 2 is 1.88 bits per heavy atom. The highest BCUT2D eigenvalue weighted by Crippen LogP contribution is 2.28. The van der Waals surface area contributed by atoms with Crippen LogP contribution in [0, 0.1) is 0 Å². The van der Waals surface area contributed by atoms with E-state index in [1.165, 1.54) is 5.56 Å². The average molecular weight is 355 g/mol. The lowest BCUT2D eigenvalue weighted by Gasteiger charge is -2.26. The minimum absolute atomic E-state index is 0.130. The minimum atomic E-state index is -0.130. The van der Waals surface area contributed by atoms with E-state index in [2.05, 4.69) is 13.1 Å². The Kier molecular flexibility index (Phi) is 5.47. The predicted octanol–water partition coefficient (Wildman–Crippen LogP) is 1.70. The lowest BCUT2D eigenvalue weighted by Crippen LogP contribution is -3.12. The van der Waals surface area contributed by atoms with Crippen molar-refractivity contribution in [3.63, 3.8) is 0 Å². The maximum Gasteiger partial charge on any atom is 0.284 e. The van der Waals surface area contributed by atoms with E-state index in [9.17, 15) is 4.79 Å². The smallest absolute Gasteiger partial charge is 0.284 e. The van der Waals surface area contributed by atoms with Crippen LogP contribution < -0.4 is 19.3 Å². The predicted molar refractivity (Wildman–Crippen MR) is 102 cm³/mol. The topological polar surface area (TPSA) is 43.2 Å². The number of nitrogens with zero attached hydrogens (tertiary/aromatic N) is 1. The molecule has 2 atom stereocenters. The Morgan fingerprint density at radius 3 is 2.62 bits per heavy atom. The van der Waals surface area contributed by atoms with Gasteiger partial charge in [-0.05, 0) is 43.2 Å². The number of anilines is 1. The molecule has 5 nitrogen and oxygen atoms in total. The SMILES string of the molecule is COc1ccc(C[NH+](C)[C@H](C)C(=O)N2CCc3ccccc32)cc1OC. The number of carbonyl (C=O) groups excluding carboxylic acids is 1. The molecule has 0 fully saturated rings. The highest BCUT2D eigenvalue weighted by atomic mass is 16.5. The number of quaternary nitrogens is 1. The van der Waals surface area contributed by atoms with Crippen LogP contribution in [0.25, 0.3) is 0 Å². The first kappa shape index (κ1) is 18.3. The van der Waals surface area contributed by atoms with Gasteiger partial charge in [0.2, 0.25) is 0 Å². The molecule has 2 aromatic carbocycles. The third-order valence-corrected chi connectivity index (χ3v) is 5.19. The molecule has 0 aromatic heterocycles. The summed E-state index contributed by atoms with van der Waals surface area (Å²) in [7, 11) is 5.32. The van der Waals surface area contributed by atoms with Crippen molar-refractivity contribution in [1.82, 2.24) is 0 Å². The molecule has 0 radical (unpaired) electrons. The maximum absolute atomic E-state index is 13.0. The molecule has 3 rings (SSSR count). The third kappa shape index (κ3) is 3.53. The third-order valence-electron chi connectivity index (χ3n) is 5.19. The molecular formula is C21H27N2O3+. The van der Waals surface area contributed by atoms with Crippen molar-refractivity contribution in [2.24, 2.45) is 0 Å². The number of carbonyl (C=O) groups is 1. The van der Waals surface area contributed by atoms with Gasteiger partial charge in [0, 0.05) is 17.8 Å². The monoisotopic (exact) mass is 355 g/mol. The second-order valence-electron chi connectivity index (χ2n) is 6.80. The summed E-state index contributed by atoms with van der Waals surface area (Å²) in [5.41, 5.74) is 3.43. The average Bonchev–Trinajstić information content (AvgIpc) is 3.10. The van der Waals surface area contributed by atoms with E-state index in [1.54, 1.807) is 14.2 Å². The lowest BCUT2D eigenvalue weighted by atomic mass is 10.1. The Bertz CT molecular complexity index is 791. The first-order valence-corrected chi connectivity index (χ1v) is 8.97. The summed E-state index contributed by atoms with van der Waals surface area (Å²) < 4.78 is 10.7. The molecule has 1 N–H and O–H groups in total. The van der Waals surface area contributed by atoms with Gasteiger partial charge in [0.05, 0.1) is 21.3 Å². The fraction of sp³-hybridized carbons (Fsp3) is 0.381. The molecule has 1 aliphatic rings. The first-order valence-electron chi connectivity index (χ1n) is 8.97. The number of nitrogens with one attached hydrogen (secondary N) is 1. The number of ether oxygens (including phenoxy) is 2.